The van der Waals surface area contributed by atoms with Crippen molar-refractivity contribution in [3.05, 3.63) is 84.0 Å². The Morgan fingerprint density at radius 3 is 2.87 bits per heavy atom. The number of H-pyrrole nitrogens is 2. The third-order valence-electron chi connectivity index (χ3n) is 7.47. The van der Waals surface area contributed by atoms with E-state index in [0.29, 0.717) is 5.65 Å². The highest BCUT2D eigenvalue weighted by molar-refractivity contribution is 7.13. The molecular weight excluding hydrogens is 488 g/mol. The number of nitrogens with zero attached hydrogens (tertiary/aromatic N) is 3. The van der Waals surface area contributed by atoms with Crippen LogP contribution < -0.4 is 5.32 Å². The molecule has 38 heavy (non-hydrogen) atoms. The van der Waals surface area contributed by atoms with Gasteiger partial charge in [0.05, 0.1) is 22.0 Å². The highest BCUT2D eigenvalue weighted by Crippen LogP contribution is 2.34. The average molecular weight is 521 g/mol. The number of nitrogens with one attached hydrogen (secondary N) is 3. The number of pyridine rings is 2. The highest BCUT2D eigenvalue weighted by Gasteiger charge is 2.16. The van der Waals surface area contributed by atoms with Gasteiger partial charge < -0.3 is 10.3 Å². The predicted octanol–water partition coefficient (Wildman–Crippen LogP) is 7.53. The second-order valence-electron chi connectivity index (χ2n) is 9.92. The molecule has 1 aliphatic rings. The number of rotatable bonds is 9. The van der Waals surface area contributed by atoms with Crippen LogP contribution in [0.5, 0.6) is 0 Å². The first-order valence-electron chi connectivity index (χ1n) is 13.3. The molecular formula is C31H32N6S. The van der Waals surface area contributed by atoms with Gasteiger partial charge in [0.1, 0.15) is 0 Å². The smallest absolute Gasteiger partial charge is 0.181 e. The van der Waals surface area contributed by atoms with E-state index in [0.717, 1.165) is 68.4 Å². The molecule has 6 rings (SSSR count). The van der Waals surface area contributed by atoms with Crippen molar-refractivity contribution in [2.75, 3.05) is 13.1 Å². The number of hydrogen-bond acceptors (Lipinski definition) is 5. The van der Waals surface area contributed by atoms with Crippen molar-refractivity contribution in [1.82, 2.24) is 30.5 Å². The molecule has 3 N–H and O–H groups in total. The summed E-state index contributed by atoms with van der Waals surface area (Å²) in [6, 6.07) is 10.5. The van der Waals surface area contributed by atoms with Gasteiger partial charge in [0.25, 0.3) is 0 Å². The van der Waals surface area contributed by atoms with Gasteiger partial charge in [-0.2, -0.15) is 5.10 Å². The van der Waals surface area contributed by atoms with E-state index in [1.165, 1.54) is 31.3 Å². The van der Waals surface area contributed by atoms with Gasteiger partial charge in [0.15, 0.2) is 5.65 Å². The number of hydrogen-bond donors (Lipinski definition) is 3. The Morgan fingerprint density at radius 1 is 1.18 bits per heavy atom. The minimum atomic E-state index is 0.695. The van der Waals surface area contributed by atoms with Crippen molar-refractivity contribution >= 4 is 38.8 Å². The minimum Gasteiger partial charge on any atom is -0.353 e. The summed E-state index contributed by atoms with van der Waals surface area (Å²) in [5, 5.41) is 15.5. The average Bonchev–Trinajstić information content (AvgIpc) is 3.76. The molecule has 192 valence electrons. The fraction of sp³-hybridized carbons (Fsp3) is 0.258. The molecule has 1 aliphatic carbocycles. The van der Waals surface area contributed by atoms with Gasteiger partial charge >= 0.3 is 0 Å². The van der Waals surface area contributed by atoms with E-state index in [2.05, 4.69) is 85.8 Å². The van der Waals surface area contributed by atoms with E-state index >= 15 is 0 Å². The summed E-state index contributed by atoms with van der Waals surface area (Å²) in [6.45, 7) is 8.02. The zero-order chi connectivity index (χ0) is 25.9. The molecule has 0 saturated heterocycles. The van der Waals surface area contributed by atoms with E-state index in [1.54, 1.807) is 11.3 Å². The Balaban J connectivity index is 1.30. The first-order chi connectivity index (χ1) is 18.7. The van der Waals surface area contributed by atoms with E-state index in [1.807, 2.05) is 24.5 Å². The Hall–Kier alpha value is -3.81. The van der Waals surface area contributed by atoms with Crippen molar-refractivity contribution < 1.29 is 0 Å². The van der Waals surface area contributed by atoms with Gasteiger partial charge in [0, 0.05) is 40.8 Å². The second kappa shape index (κ2) is 10.9. The maximum Gasteiger partial charge on any atom is 0.181 e. The van der Waals surface area contributed by atoms with Crippen molar-refractivity contribution in [3.8, 4) is 22.0 Å². The Kier molecular flexibility index (Phi) is 7.03. The molecule has 0 unspecified atom stereocenters. The van der Waals surface area contributed by atoms with Gasteiger partial charge in [-0.25, -0.2) is 4.98 Å². The topological polar surface area (TPSA) is 82.3 Å². The molecule has 7 heteroatoms. The number of allylic oxidation sites excluding steroid dienone is 3. The lowest BCUT2D eigenvalue weighted by atomic mass is 10.0. The lowest BCUT2D eigenvalue weighted by Crippen LogP contribution is -2.23. The fourth-order valence-electron chi connectivity index (χ4n) is 5.41. The van der Waals surface area contributed by atoms with Crippen LogP contribution in [0.4, 0.5) is 0 Å². The summed E-state index contributed by atoms with van der Waals surface area (Å²) in [6.07, 6.45) is 15.5. The maximum atomic E-state index is 4.68. The molecule has 6 nitrogen and oxygen atoms in total. The van der Waals surface area contributed by atoms with Crippen molar-refractivity contribution in [2.45, 2.75) is 32.6 Å². The lowest BCUT2D eigenvalue weighted by Gasteiger charge is -2.12. The molecule has 5 aromatic heterocycles. The van der Waals surface area contributed by atoms with Gasteiger partial charge in [-0.3, -0.25) is 10.1 Å². The third-order valence-corrected chi connectivity index (χ3v) is 8.34. The highest BCUT2D eigenvalue weighted by atomic mass is 32.1. The SMILES string of the molecule is C=C/C(=C\C(=C/C)c1cnc2n[nH]c(-c3cc4c(-c5cccs5)nccc4[nH]3)c2c1)CNCC1CCCC1. The molecule has 1 fully saturated rings. The van der Waals surface area contributed by atoms with Crippen LogP contribution in [-0.4, -0.2) is 38.2 Å². The van der Waals surface area contributed by atoms with Gasteiger partial charge in [-0.1, -0.05) is 43.7 Å². The standard InChI is InChI=1S/C31H32N6S/c1-3-20(17-32-18-21-8-5-6-9-21)14-22(4-2)23-15-25-29(36-37-31(25)34-19-23)27-16-24-26(35-27)11-12-33-30(24)28-10-7-13-38-28/h3-4,7,10-16,19,21,32,35H,1,5-6,8-9,17-18H2,2H3,(H,34,36,37)/b20-14+,22-4+. The molecule has 0 amide bonds. The number of aromatic nitrogens is 5. The van der Waals surface area contributed by atoms with Crippen LogP contribution in [0.15, 0.2) is 78.5 Å². The van der Waals surface area contributed by atoms with E-state index in [9.17, 15) is 0 Å². The van der Waals surface area contributed by atoms with E-state index in [-0.39, 0.29) is 0 Å². The van der Waals surface area contributed by atoms with Crippen molar-refractivity contribution in [3.63, 3.8) is 0 Å². The van der Waals surface area contributed by atoms with Crippen LogP contribution in [0.3, 0.4) is 0 Å². The summed E-state index contributed by atoms with van der Waals surface area (Å²) in [5.41, 5.74) is 7.95. The summed E-state index contributed by atoms with van der Waals surface area (Å²) in [7, 11) is 0. The molecule has 1 saturated carbocycles. The zero-order valence-corrected chi connectivity index (χ0v) is 22.4. The van der Waals surface area contributed by atoms with Crippen molar-refractivity contribution in [2.24, 2.45) is 5.92 Å². The first kappa shape index (κ1) is 24.5. The molecule has 0 aromatic carbocycles. The van der Waals surface area contributed by atoms with Crippen LogP contribution in [0, 0.1) is 5.92 Å². The van der Waals surface area contributed by atoms with Crippen LogP contribution in [0.2, 0.25) is 0 Å². The molecule has 0 atom stereocenters. The number of thiophene rings is 1. The molecule has 0 aliphatic heterocycles. The summed E-state index contributed by atoms with van der Waals surface area (Å²) < 4.78 is 0. The molecule has 0 bridgehead atoms. The zero-order valence-electron chi connectivity index (χ0n) is 21.6. The van der Waals surface area contributed by atoms with Crippen LogP contribution >= 0.6 is 11.3 Å². The molecule has 0 radical (unpaired) electrons. The van der Waals surface area contributed by atoms with Crippen molar-refractivity contribution in [1.29, 1.82) is 0 Å². The largest absolute Gasteiger partial charge is 0.353 e. The summed E-state index contributed by atoms with van der Waals surface area (Å²) in [5.74, 6) is 0.815. The summed E-state index contributed by atoms with van der Waals surface area (Å²) in [4.78, 5) is 14.0. The molecule has 0 spiro atoms. The first-order valence-corrected chi connectivity index (χ1v) is 14.2. The Morgan fingerprint density at radius 2 is 2.08 bits per heavy atom. The van der Waals surface area contributed by atoms with Crippen LogP contribution in [0.25, 0.3) is 49.5 Å². The second-order valence-corrected chi connectivity index (χ2v) is 10.9. The third kappa shape index (κ3) is 4.87. The van der Waals surface area contributed by atoms with Gasteiger partial charge in [0.2, 0.25) is 0 Å². The molecule has 5 heterocycles. The normalized spacial score (nSPS) is 15.2. The number of fused-ring (bicyclic) bond motifs is 2. The predicted molar refractivity (Wildman–Crippen MR) is 159 cm³/mol. The minimum absolute atomic E-state index is 0.695. The maximum absolute atomic E-state index is 4.68. The quantitative estimate of drug-likeness (QED) is 0.176. The van der Waals surface area contributed by atoms with E-state index in [4.69, 9.17) is 0 Å². The van der Waals surface area contributed by atoms with Gasteiger partial charge in [-0.15, -0.1) is 11.3 Å². The monoisotopic (exact) mass is 520 g/mol. The Labute approximate surface area is 226 Å². The van der Waals surface area contributed by atoms with E-state index < -0.39 is 0 Å². The van der Waals surface area contributed by atoms with Crippen LogP contribution in [-0.2, 0) is 0 Å². The fourth-order valence-corrected chi connectivity index (χ4v) is 6.15. The van der Waals surface area contributed by atoms with Crippen LogP contribution in [0.1, 0.15) is 38.2 Å². The molecule has 5 aromatic rings. The summed E-state index contributed by atoms with van der Waals surface area (Å²) >= 11 is 1.70. The lowest BCUT2D eigenvalue weighted by molar-refractivity contribution is 0.503. The Bertz CT molecular complexity index is 1630. The van der Waals surface area contributed by atoms with Gasteiger partial charge in [-0.05, 0) is 73.0 Å². The number of aromatic amines is 2.